The van der Waals surface area contributed by atoms with E-state index in [1.165, 1.54) is 4.70 Å². The molecule has 1 heterocycles. The monoisotopic (exact) mass is 292 g/mol. The lowest BCUT2D eigenvalue weighted by Gasteiger charge is -2.08. The molecule has 0 radical (unpaired) electrons. The van der Waals surface area contributed by atoms with E-state index in [2.05, 4.69) is 12.1 Å². The molecule has 0 amide bonds. The third-order valence-electron chi connectivity index (χ3n) is 3.40. The number of phenolic OH excluding ortho intramolecular Hbond substituents is 1. The molecule has 0 saturated carbocycles. The molecule has 0 fully saturated rings. The van der Waals surface area contributed by atoms with Gasteiger partial charge in [-0.3, -0.25) is 0 Å². The zero-order valence-corrected chi connectivity index (χ0v) is 11.9. The molecule has 0 saturated heterocycles. The highest BCUT2D eigenvalue weighted by atomic mass is 32.1. The number of hydrogen-bond acceptors (Lipinski definition) is 3. The summed E-state index contributed by atoms with van der Waals surface area (Å²) in [6.07, 6.45) is 0. The topological polar surface area (TPSA) is 29.5 Å². The van der Waals surface area contributed by atoms with E-state index in [1.807, 2.05) is 42.5 Å². The van der Waals surface area contributed by atoms with E-state index in [9.17, 15) is 5.11 Å². The average Bonchev–Trinajstić information content (AvgIpc) is 2.86. The Balaban J connectivity index is 1.98. The van der Waals surface area contributed by atoms with E-state index in [1.54, 1.807) is 23.5 Å². The van der Waals surface area contributed by atoms with Gasteiger partial charge in [0.15, 0.2) is 0 Å². The Morgan fingerprint density at radius 1 is 0.810 bits per heavy atom. The molecule has 0 bridgehead atoms. The number of benzene rings is 3. The van der Waals surface area contributed by atoms with Crippen molar-refractivity contribution in [3.8, 4) is 17.2 Å². The lowest BCUT2D eigenvalue weighted by molar-refractivity contribution is 0.459. The van der Waals surface area contributed by atoms with Gasteiger partial charge in [-0.05, 0) is 24.3 Å². The second-order valence-corrected chi connectivity index (χ2v) is 5.91. The van der Waals surface area contributed by atoms with E-state index in [0.29, 0.717) is 5.75 Å². The molecule has 0 atom stereocenters. The summed E-state index contributed by atoms with van der Waals surface area (Å²) >= 11 is 1.66. The van der Waals surface area contributed by atoms with E-state index in [4.69, 9.17) is 4.74 Å². The number of phenols is 1. The van der Waals surface area contributed by atoms with Gasteiger partial charge >= 0.3 is 0 Å². The molecule has 1 N–H and O–H groups in total. The maximum absolute atomic E-state index is 9.94. The van der Waals surface area contributed by atoms with Gasteiger partial charge in [-0.2, -0.15) is 0 Å². The number of para-hydroxylation sites is 1. The first-order chi connectivity index (χ1) is 10.3. The number of aromatic hydroxyl groups is 1. The van der Waals surface area contributed by atoms with Crippen molar-refractivity contribution in [2.24, 2.45) is 0 Å². The second kappa shape index (κ2) is 4.79. The van der Waals surface area contributed by atoms with Gasteiger partial charge in [-0.15, -0.1) is 11.3 Å². The fraction of sp³-hybridized carbons (Fsp3) is 0. The van der Waals surface area contributed by atoms with Crippen molar-refractivity contribution in [3.05, 3.63) is 66.7 Å². The van der Waals surface area contributed by atoms with Crippen LogP contribution in [0.5, 0.6) is 17.2 Å². The summed E-state index contributed by atoms with van der Waals surface area (Å²) in [4.78, 5) is 0. The number of fused-ring (bicyclic) bond motifs is 3. The number of hydrogen-bond donors (Lipinski definition) is 1. The molecule has 0 aliphatic carbocycles. The highest BCUT2D eigenvalue weighted by Crippen LogP contribution is 2.42. The van der Waals surface area contributed by atoms with E-state index >= 15 is 0 Å². The van der Waals surface area contributed by atoms with Crippen LogP contribution in [0.2, 0.25) is 0 Å². The van der Waals surface area contributed by atoms with Crippen LogP contribution in [0.15, 0.2) is 66.7 Å². The van der Waals surface area contributed by atoms with Gasteiger partial charge in [0.05, 0.1) is 0 Å². The van der Waals surface area contributed by atoms with Crippen molar-refractivity contribution in [2.45, 2.75) is 0 Å². The Bertz CT molecular complexity index is 926. The Labute approximate surface area is 125 Å². The summed E-state index contributed by atoms with van der Waals surface area (Å²) in [5.41, 5.74) is 0. The predicted octanol–water partition coefficient (Wildman–Crippen LogP) is 5.55. The third kappa shape index (κ3) is 2.12. The van der Waals surface area contributed by atoms with Crippen LogP contribution >= 0.6 is 11.3 Å². The lowest BCUT2D eigenvalue weighted by Crippen LogP contribution is -1.84. The van der Waals surface area contributed by atoms with Crippen molar-refractivity contribution in [1.82, 2.24) is 0 Å². The van der Waals surface area contributed by atoms with Crippen LogP contribution in [0.3, 0.4) is 0 Å². The SMILES string of the molecule is Oc1cc(Oc2ccccc2)c2c(c1)sc1ccccc12. The van der Waals surface area contributed by atoms with Crippen LogP contribution in [0, 0.1) is 0 Å². The standard InChI is InChI=1S/C18H12O2S/c19-12-10-15(20-13-6-2-1-3-7-13)18-14-8-4-5-9-16(14)21-17(18)11-12/h1-11,19H. The molecule has 0 unspecified atom stereocenters. The highest BCUT2D eigenvalue weighted by Gasteiger charge is 2.12. The molecule has 0 aliphatic rings. The molecule has 102 valence electrons. The molecule has 0 spiro atoms. The highest BCUT2D eigenvalue weighted by molar-refractivity contribution is 7.25. The van der Waals surface area contributed by atoms with Gasteiger partial charge in [0, 0.05) is 26.2 Å². The van der Waals surface area contributed by atoms with Gasteiger partial charge in [0.25, 0.3) is 0 Å². The van der Waals surface area contributed by atoms with Crippen LogP contribution in [0.1, 0.15) is 0 Å². The first-order valence-electron chi connectivity index (χ1n) is 6.68. The summed E-state index contributed by atoms with van der Waals surface area (Å²) in [5.74, 6) is 1.67. The fourth-order valence-corrected chi connectivity index (χ4v) is 3.65. The van der Waals surface area contributed by atoms with Crippen molar-refractivity contribution < 1.29 is 9.84 Å². The van der Waals surface area contributed by atoms with E-state index < -0.39 is 0 Å². The largest absolute Gasteiger partial charge is 0.508 e. The Hall–Kier alpha value is -2.52. The summed E-state index contributed by atoms with van der Waals surface area (Å²) in [6.45, 7) is 0. The minimum atomic E-state index is 0.222. The van der Waals surface area contributed by atoms with Crippen molar-refractivity contribution in [1.29, 1.82) is 0 Å². The molecule has 0 aliphatic heterocycles. The van der Waals surface area contributed by atoms with Gasteiger partial charge in [0.1, 0.15) is 17.2 Å². The quantitative estimate of drug-likeness (QED) is 0.524. The maximum Gasteiger partial charge on any atom is 0.140 e. The molecule has 3 aromatic carbocycles. The molecular formula is C18H12O2S. The number of rotatable bonds is 2. The van der Waals surface area contributed by atoms with Crippen LogP contribution in [-0.2, 0) is 0 Å². The molecule has 4 aromatic rings. The van der Waals surface area contributed by atoms with Crippen LogP contribution < -0.4 is 4.74 Å². The minimum Gasteiger partial charge on any atom is -0.508 e. The van der Waals surface area contributed by atoms with Crippen LogP contribution in [0.25, 0.3) is 20.2 Å². The van der Waals surface area contributed by atoms with Crippen molar-refractivity contribution in [2.75, 3.05) is 0 Å². The summed E-state index contributed by atoms with van der Waals surface area (Å²) in [7, 11) is 0. The first kappa shape index (κ1) is 12.2. The van der Waals surface area contributed by atoms with E-state index in [0.717, 1.165) is 21.2 Å². The molecule has 2 nitrogen and oxygen atoms in total. The summed E-state index contributed by atoms with van der Waals surface area (Å²) < 4.78 is 8.21. The predicted molar refractivity (Wildman–Crippen MR) is 87.5 cm³/mol. The minimum absolute atomic E-state index is 0.222. The summed E-state index contributed by atoms with van der Waals surface area (Å²) in [6, 6.07) is 21.3. The molecule has 4 rings (SSSR count). The average molecular weight is 292 g/mol. The third-order valence-corrected chi connectivity index (χ3v) is 4.52. The number of ether oxygens (including phenoxy) is 1. The molecule has 1 aromatic heterocycles. The fourth-order valence-electron chi connectivity index (χ4n) is 2.50. The van der Waals surface area contributed by atoms with Gasteiger partial charge in [-0.25, -0.2) is 0 Å². The zero-order valence-electron chi connectivity index (χ0n) is 11.1. The van der Waals surface area contributed by atoms with Crippen molar-refractivity contribution >= 4 is 31.5 Å². The molecule has 3 heteroatoms. The van der Waals surface area contributed by atoms with Gasteiger partial charge in [0.2, 0.25) is 0 Å². The van der Waals surface area contributed by atoms with Crippen LogP contribution in [0.4, 0.5) is 0 Å². The van der Waals surface area contributed by atoms with Crippen molar-refractivity contribution in [3.63, 3.8) is 0 Å². The smallest absolute Gasteiger partial charge is 0.140 e. The van der Waals surface area contributed by atoms with Crippen LogP contribution in [-0.4, -0.2) is 5.11 Å². The maximum atomic E-state index is 9.94. The molecular weight excluding hydrogens is 280 g/mol. The summed E-state index contributed by atoms with van der Waals surface area (Å²) in [5, 5.41) is 12.1. The Morgan fingerprint density at radius 2 is 1.57 bits per heavy atom. The first-order valence-corrected chi connectivity index (χ1v) is 7.50. The van der Waals surface area contributed by atoms with Gasteiger partial charge < -0.3 is 9.84 Å². The Morgan fingerprint density at radius 3 is 2.43 bits per heavy atom. The van der Waals surface area contributed by atoms with E-state index in [-0.39, 0.29) is 5.75 Å². The van der Waals surface area contributed by atoms with Gasteiger partial charge in [-0.1, -0.05) is 36.4 Å². The zero-order chi connectivity index (χ0) is 14.2. The molecule has 21 heavy (non-hydrogen) atoms. The Kier molecular flexibility index (Phi) is 2.79. The second-order valence-electron chi connectivity index (χ2n) is 4.83. The number of thiophene rings is 1. The lowest BCUT2D eigenvalue weighted by atomic mass is 10.1. The normalized spacial score (nSPS) is 11.0.